The van der Waals surface area contributed by atoms with Gasteiger partial charge < -0.3 is 9.84 Å². The van der Waals surface area contributed by atoms with Crippen molar-refractivity contribution in [3.05, 3.63) is 28.3 Å². The van der Waals surface area contributed by atoms with Crippen molar-refractivity contribution in [2.75, 3.05) is 4.90 Å². The van der Waals surface area contributed by atoms with E-state index in [0.29, 0.717) is 0 Å². The molecule has 8 heteroatoms. The molecule has 2 rings (SSSR count). The van der Waals surface area contributed by atoms with E-state index < -0.39 is 28.4 Å². The number of aliphatic carboxylic acids is 1. The van der Waals surface area contributed by atoms with Crippen LogP contribution < -0.4 is 9.64 Å². The first-order valence-electron chi connectivity index (χ1n) is 7.10. The Hall–Kier alpha value is -2.64. The molecule has 0 bridgehead atoms. The van der Waals surface area contributed by atoms with Crippen LogP contribution in [-0.2, 0) is 9.59 Å². The molecule has 1 aromatic rings. The second-order valence-corrected chi connectivity index (χ2v) is 6.23. The quantitative estimate of drug-likeness (QED) is 0.672. The molecule has 1 amide bonds. The molecule has 0 saturated carbocycles. The van der Waals surface area contributed by atoms with E-state index in [1.165, 1.54) is 26.0 Å². The minimum atomic E-state index is -1.57. The maximum Gasteiger partial charge on any atom is 0.329 e. The van der Waals surface area contributed by atoms with Crippen LogP contribution >= 0.6 is 0 Å². The maximum atomic E-state index is 12.7. The molecular formula is C15H18N2O6. The largest absolute Gasteiger partial charge is 0.480 e. The van der Waals surface area contributed by atoms with Gasteiger partial charge in [0.25, 0.3) is 11.6 Å². The molecule has 1 atom stereocenters. The van der Waals surface area contributed by atoms with E-state index in [2.05, 4.69) is 0 Å². The molecule has 1 aliphatic heterocycles. The maximum absolute atomic E-state index is 12.7. The molecule has 0 saturated heterocycles. The second kappa shape index (κ2) is 5.53. The third-order valence-electron chi connectivity index (χ3n) is 3.80. The van der Waals surface area contributed by atoms with Crippen molar-refractivity contribution in [3.8, 4) is 5.75 Å². The van der Waals surface area contributed by atoms with Crippen LogP contribution in [0.4, 0.5) is 11.4 Å². The van der Waals surface area contributed by atoms with Crippen LogP contribution in [0.25, 0.3) is 0 Å². The summed E-state index contributed by atoms with van der Waals surface area (Å²) >= 11 is 0. The number of carboxylic acid groups (broad SMARTS) is 1. The van der Waals surface area contributed by atoms with Gasteiger partial charge in [0.05, 0.1) is 10.6 Å². The molecule has 0 spiro atoms. The SMILES string of the molecule is CC(C)C1Oc2ccc([N+](=O)[O-])cc2N(C(C)(C)C(=O)O)C1=O. The van der Waals surface area contributed by atoms with Gasteiger partial charge in [0.15, 0.2) is 6.10 Å². The Labute approximate surface area is 132 Å². The van der Waals surface area contributed by atoms with Crippen LogP contribution in [0.1, 0.15) is 27.7 Å². The minimum Gasteiger partial charge on any atom is -0.480 e. The number of rotatable bonds is 4. The lowest BCUT2D eigenvalue weighted by molar-refractivity contribution is -0.384. The van der Waals surface area contributed by atoms with E-state index >= 15 is 0 Å². The average Bonchev–Trinajstić information content (AvgIpc) is 2.44. The highest BCUT2D eigenvalue weighted by molar-refractivity contribution is 6.06. The molecule has 0 aromatic heterocycles. The smallest absolute Gasteiger partial charge is 0.329 e. The summed E-state index contributed by atoms with van der Waals surface area (Å²) in [6, 6.07) is 3.81. The van der Waals surface area contributed by atoms with Crippen LogP contribution in [0.15, 0.2) is 18.2 Å². The van der Waals surface area contributed by atoms with E-state index in [-0.39, 0.29) is 23.0 Å². The number of anilines is 1. The fourth-order valence-electron chi connectivity index (χ4n) is 2.42. The lowest BCUT2D eigenvalue weighted by Gasteiger charge is -2.42. The van der Waals surface area contributed by atoms with Gasteiger partial charge in [-0.05, 0) is 25.8 Å². The first kappa shape index (κ1) is 16.7. The Bertz CT molecular complexity index is 683. The van der Waals surface area contributed by atoms with Gasteiger partial charge in [0.1, 0.15) is 11.3 Å². The number of ether oxygens (including phenoxy) is 1. The molecule has 0 radical (unpaired) electrons. The lowest BCUT2D eigenvalue weighted by atomic mass is 9.95. The van der Waals surface area contributed by atoms with Gasteiger partial charge in [-0.1, -0.05) is 13.8 Å². The topological polar surface area (TPSA) is 110 Å². The predicted octanol–water partition coefficient (Wildman–Crippen LogP) is 2.21. The number of carbonyl (C=O) groups excluding carboxylic acids is 1. The number of hydrogen-bond donors (Lipinski definition) is 1. The average molecular weight is 322 g/mol. The zero-order chi connectivity index (χ0) is 17.5. The Balaban J connectivity index is 2.67. The molecule has 1 aliphatic rings. The number of hydrogen-bond acceptors (Lipinski definition) is 5. The third kappa shape index (κ3) is 2.71. The number of non-ortho nitro benzene ring substituents is 1. The molecular weight excluding hydrogens is 304 g/mol. The predicted molar refractivity (Wildman–Crippen MR) is 81.6 cm³/mol. The fraction of sp³-hybridized carbons (Fsp3) is 0.467. The van der Waals surface area contributed by atoms with Crippen molar-refractivity contribution < 1.29 is 24.4 Å². The van der Waals surface area contributed by atoms with Gasteiger partial charge in [0, 0.05) is 12.1 Å². The summed E-state index contributed by atoms with van der Waals surface area (Å²) in [6.07, 6.45) is -0.845. The number of benzene rings is 1. The van der Waals surface area contributed by atoms with Crippen LogP contribution in [0, 0.1) is 16.0 Å². The minimum absolute atomic E-state index is 0.0912. The van der Waals surface area contributed by atoms with Crippen LogP contribution in [0.5, 0.6) is 5.75 Å². The van der Waals surface area contributed by atoms with E-state index in [1.54, 1.807) is 13.8 Å². The molecule has 1 aromatic carbocycles. The van der Waals surface area contributed by atoms with Gasteiger partial charge in [0.2, 0.25) is 0 Å². The fourth-order valence-corrected chi connectivity index (χ4v) is 2.42. The lowest BCUT2D eigenvalue weighted by Crippen LogP contribution is -2.60. The van der Waals surface area contributed by atoms with E-state index in [4.69, 9.17) is 4.74 Å². The van der Waals surface area contributed by atoms with E-state index in [1.807, 2.05) is 0 Å². The number of nitro benzene ring substituents is 1. The van der Waals surface area contributed by atoms with Crippen LogP contribution in [0.3, 0.4) is 0 Å². The summed E-state index contributed by atoms with van der Waals surface area (Å²) in [5.74, 6) is -1.67. The molecule has 124 valence electrons. The second-order valence-electron chi connectivity index (χ2n) is 6.23. The molecule has 1 N–H and O–H groups in total. The Kier molecular flexibility index (Phi) is 4.02. The number of fused-ring (bicyclic) bond motifs is 1. The monoisotopic (exact) mass is 322 g/mol. The number of amides is 1. The molecule has 0 aliphatic carbocycles. The third-order valence-corrected chi connectivity index (χ3v) is 3.80. The van der Waals surface area contributed by atoms with Gasteiger partial charge in [-0.15, -0.1) is 0 Å². The van der Waals surface area contributed by atoms with Crippen molar-refractivity contribution in [2.45, 2.75) is 39.3 Å². The number of carboxylic acids is 1. The van der Waals surface area contributed by atoms with Gasteiger partial charge >= 0.3 is 5.97 Å². The highest BCUT2D eigenvalue weighted by atomic mass is 16.6. The zero-order valence-electron chi connectivity index (χ0n) is 13.3. The van der Waals surface area contributed by atoms with Gasteiger partial charge in [-0.3, -0.25) is 19.8 Å². The van der Waals surface area contributed by atoms with Crippen molar-refractivity contribution in [1.82, 2.24) is 0 Å². The molecule has 1 heterocycles. The van der Waals surface area contributed by atoms with E-state index in [0.717, 1.165) is 11.0 Å². The summed E-state index contributed by atoms with van der Waals surface area (Å²) in [5.41, 5.74) is -1.72. The number of nitro groups is 1. The normalized spacial score (nSPS) is 17.7. The summed E-state index contributed by atoms with van der Waals surface area (Å²) in [4.78, 5) is 35.8. The highest BCUT2D eigenvalue weighted by Gasteiger charge is 2.47. The molecule has 1 unspecified atom stereocenters. The standard InChI is InChI=1S/C15H18N2O6/c1-8(2)12-13(18)16(15(3,4)14(19)20)10-7-9(17(21)22)5-6-11(10)23-12/h5-8,12H,1-4H3,(H,19,20). The first-order valence-corrected chi connectivity index (χ1v) is 7.10. The van der Waals surface area contributed by atoms with E-state index in [9.17, 15) is 24.8 Å². The van der Waals surface area contributed by atoms with Crippen molar-refractivity contribution in [1.29, 1.82) is 0 Å². The van der Waals surface area contributed by atoms with Crippen LogP contribution in [0.2, 0.25) is 0 Å². The Morgan fingerprint density at radius 2 is 2.04 bits per heavy atom. The summed E-state index contributed by atoms with van der Waals surface area (Å²) < 4.78 is 5.64. The zero-order valence-corrected chi connectivity index (χ0v) is 13.3. The molecule has 23 heavy (non-hydrogen) atoms. The van der Waals surface area contributed by atoms with Gasteiger partial charge in [-0.2, -0.15) is 0 Å². The number of carbonyl (C=O) groups is 2. The highest BCUT2D eigenvalue weighted by Crippen LogP contribution is 2.41. The van der Waals surface area contributed by atoms with Crippen molar-refractivity contribution in [2.24, 2.45) is 5.92 Å². The van der Waals surface area contributed by atoms with Crippen molar-refractivity contribution in [3.63, 3.8) is 0 Å². The van der Waals surface area contributed by atoms with Crippen LogP contribution in [-0.4, -0.2) is 33.5 Å². The molecule has 0 fully saturated rings. The summed E-state index contributed by atoms with van der Waals surface area (Å²) in [6.45, 7) is 6.31. The van der Waals surface area contributed by atoms with Crippen molar-refractivity contribution >= 4 is 23.3 Å². The number of nitrogens with zero attached hydrogens (tertiary/aromatic N) is 2. The summed E-state index contributed by atoms with van der Waals surface area (Å²) in [5, 5.41) is 20.4. The van der Waals surface area contributed by atoms with Gasteiger partial charge in [-0.25, -0.2) is 4.79 Å². The molecule has 8 nitrogen and oxygen atoms in total. The summed E-state index contributed by atoms with van der Waals surface area (Å²) in [7, 11) is 0. The Morgan fingerprint density at radius 3 is 2.52 bits per heavy atom. The first-order chi connectivity index (χ1) is 10.6. The Morgan fingerprint density at radius 1 is 1.43 bits per heavy atom.